The molecule has 2 heteroatoms. The molecule has 30 heavy (non-hydrogen) atoms. The smallest absolute Gasteiger partial charge is 0.0709 e. The van der Waals surface area contributed by atoms with E-state index in [1.807, 2.05) is 0 Å². The molecule has 1 aliphatic rings. The van der Waals surface area contributed by atoms with Gasteiger partial charge >= 0.3 is 0 Å². The molecule has 2 heterocycles. The van der Waals surface area contributed by atoms with Crippen molar-refractivity contribution in [2.75, 3.05) is 18.0 Å². The number of aromatic amines is 1. The van der Waals surface area contributed by atoms with E-state index in [9.17, 15) is 0 Å². The van der Waals surface area contributed by atoms with Gasteiger partial charge in [0.2, 0.25) is 0 Å². The van der Waals surface area contributed by atoms with Crippen molar-refractivity contribution in [2.45, 2.75) is 52.4 Å². The Hall–Kier alpha value is -2.74. The lowest BCUT2D eigenvalue weighted by atomic mass is 9.90. The molecular weight excluding hydrogens is 364 g/mol. The Kier molecular flexibility index (Phi) is 5.25. The number of aromatic nitrogens is 1. The van der Waals surface area contributed by atoms with Crippen LogP contribution in [0.4, 0.5) is 5.69 Å². The number of para-hydroxylation sites is 1. The molecule has 154 valence electrons. The van der Waals surface area contributed by atoms with Gasteiger partial charge in [0.25, 0.3) is 0 Å². The number of H-pyrrole nitrogens is 1. The number of unbranched alkanes of at least 4 members (excludes halogenated alkanes) is 2. The molecule has 1 fully saturated rings. The molecule has 1 N–H and O–H groups in total. The van der Waals surface area contributed by atoms with Crippen molar-refractivity contribution in [3.63, 3.8) is 0 Å². The lowest BCUT2D eigenvalue weighted by Crippen LogP contribution is -2.18. The summed E-state index contributed by atoms with van der Waals surface area (Å²) in [6.07, 6.45) is 7.54. The Morgan fingerprint density at radius 3 is 2.47 bits per heavy atom. The van der Waals surface area contributed by atoms with Crippen LogP contribution in [0.3, 0.4) is 0 Å². The van der Waals surface area contributed by atoms with E-state index in [0.29, 0.717) is 0 Å². The molecule has 0 amide bonds. The second-order valence-electron chi connectivity index (χ2n) is 8.87. The van der Waals surface area contributed by atoms with Crippen molar-refractivity contribution in [1.82, 2.24) is 4.98 Å². The van der Waals surface area contributed by atoms with Crippen LogP contribution in [0.15, 0.2) is 54.6 Å². The number of hydrogen-bond donors (Lipinski definition) is 1. The first kappa shape index (κ1) is 19.2. The number of benzene rings is 3. The highest BCUT2D eigenvalue weighted by atomic mass is 15.1. The van der Waals surface area contributed by atoms with Crippen molar-refractivity contribution >= 4 is 27.5 Å². The second-order valence-corrected chi connectivity index (χ2v) is 8.87. The Morgan fingerprint density at radius 2 is 1.70 bits per heavy atom. The van der Waals surface area contributed by atoms with E-state index in [4.69, 9.17) is 0 Å². The Bertz CT molecular complexity index is 1160. The Labute approximate surface area is 179 Å². The van der Waals surface area contributed by atoms with Crippen LogP contribution in [0.5, 0.6) is 0 Å². The fraction of sp³-hybridized carbons (Fsp3) is 0.357. The van der Waals surface area contributed by atoms with Gasteiger partial charge in [-0.3, -0.25) is 0 Å². The molecule has 1 aromatic heterocycles. The van der Waals surface area contributed by atoms with E-state index >= 15 is 0 Å². The molecule has 0 aliphatic carbocycles. The average molecular weight is 397 g/mol. The van der Waals surface area contributed by atoms with Crippen LogP contribution < -0.4 is 4.90 Å². The minimum absolute atomic E-state index is 1.15. The number of rotatable bonds is 6. The maximum Gasteiger partial charge on any atom is 0.0709 e. The van der Waals surface area contributed by atoms with E-state index in [2.05, 4.69) is 78.3 Å². The van der Waals surface area contributed by atoms with Crippen LogP contribution in [-0.4, -0.2) is 18.1 Å². The van der Waals surface area contributed by atoms with E-state index in [0.717, 1.165) is 6.42 Å². The van der Waals surface area contributed by atoms with E-state index in [1.165, 1.54) is 94.9 Å². The van der Waals surface area contributed by atoms with E-state index in [-0.39, 0.29) is 0 Å². The standard InChI is InChI=1S/C28H32N2/c1-3-4-5-10-22-19-25(30-17-8-9-18-30)28-27(23-11-6-7-12-24(23)29-28)26(22)21-15-13-20(2)14-16-21/h6-7,11-16,19,29H,3-5,8-10,17-18H2,1-2H3. The van der Waals surface area contributed by atoms with E-state index in [1.54, 1.807) is 0 Å². The van der Waals surface area contributed by atoms with Gasteiger partial charge in [-0.15, -0.1) is 0 Å². The molecule has 5 rings (SSSR count). The van der Waals surface area contributed by atoms with Gasteiger partial charge in [-0.05, 0) is 61.4 Å². The topological polar surface area (TPSA) is 19.0 Å². The fourth-order valence-electron chi connectivity index (χ4n) is 5.08. The van der Waals surface area contributed by atoms with Gasteiger partial charge in [0, 0.05) is 29.4 Å². The molecule has 0 spiro atoms. The van der Waals surface area contributed by atoms with Crippen LogP contribution in [0, 0.1) is 6.92 Å². The molecule has 0 saturated carbocycles. The molecule has 1 aliphatic heterocycles. The number of hydrogen-bond acceptors (Lipinski definition) is 1. The highest BCUT2D eigenvalue weighted by molar-refractivity contribution is 6.18. The second kappa shape index (κ2) is 8.18. The number of aryl methyl sites for hydroxylation is 2. The zero-order valence-corrected chi connectivity index (χ0v) is 18.3. The summed E-state index contributed by atoms with van der Waals surface area (Å²) in [5.41, 5.74) is 9.55. The van der Waals surface area contributed by atoms with Crippen molar-refractivity contribution in [3.05, 3.63) is 65.7 Å². The summed E-state index contributed by atoms with van der Waals surface area (Å²) in [6, 6.07) is 20.5. The summed E-state index contributed by atoms with van der Waals surface area (Å²) in [7, 11) is 0. The highest BCUT2D eigenvalue weighted by Gasteiger charge is 2.22. The number of nitrogens with zero attached hydrogens (tertiary/aromatic N) is 1. The predicted octanol–water partition coefficient (Wildman–Crippen LogP) is 7.63. The van der Waals surface area contributed by atoms with Crippen molar-refractivity contribution in [1.29, 1.82) is 0 Å². The third-order valence-corrected chi connectivity index (χ3v) is 6.68. The Morgan fingerprint density at radius 1 is 0.933 bits per heavy atom. The zero-order chi connectivity index (χ0) is 20.5. The average Bonchev–Trinajstić information content (AvgIpc) is 3.42. The summed E-state index contributed by atoms with van der Waals surface area (Å²) >= 11 is 0. The summed E-state index contributed by atoms with van der Waals surface area (Å²) < 4.78 is 0. The molecule has 0 unspecified atom stereocenters. The first-order valence-electron chi connectivity index (χ1n) is 11.6. The summed E-state index contributed by atoms with van der Waals surface area (Å²) in [6.45, 7) is 6.80. The van der Waals surface area contributed by atoms with Gasteiger partial charge in [0.1, 0.15) is 0 Å². The lowest BCUT2D eigenvalue weighted by Gasteiger charge is -2.22. The summed E-state index contributed by atoms with van der Waals surface area (Å²) in [5.74, 6) is 0. The monoisotopic (exact) mass is 396 g/mol. The molecule has 1 saturated heterocycles. The number of fused-ring (bicyclic) bond motifs is 3. The van der Waals surface area contributed by atoms with Gasteiger partial charge < -0.3 is 9.88 Å². The predicted molar refractivity (Wildman–Crippen MR) is 131 cm³/mol. The SMILES string of the molecule is CCCCCc1cc(N2CCCC2)c2[nH]c3ccccc3c2c1-c1ccc(C)cc1. The maximum atomic E-state index is 3.80. The van der Waals surface area contributed by atoms with Gasteiger partial charge in [-0.1, -0.05) is 67.8 Å². The van der Waals surface area contributed by atoms with Gasteiger partial charge in [-0.2, -0.15) is 0 Å². The van der Waals surface area contributed by atoms with Crippen LogP contribution in [0.1, 0.15) is 50.2 Å². The third-order valence-electron chi connectivity index (χ3n) is 6.68. The minimum Gasteiger partial charge on any atom is -0.370 e. The molecule has 3 aromatic carbocycles. The highest BCUT2D eigenvalue weighted by Crippen LogP contribution is 2.43. The summed E-state index contributed by atoms with van der Waals surface area (Å²) in [4.78, 5) is 6.40. The normalized spacial score (nSPS) is 14.3. The zero-order valence-electron chi connectivity index (χ0n) is 18.3. The molecule has 0 atom stereocenters. The number of nitrogens with one attached hydrogen (secondary N) is 1. The first-order chi connectivity index (χ1) is 14.8. The third kappa shape index (κ3) is 3.39. The summed E-state index contributed by atoms with van der Waals surface area (Å²) in [5, 5.41) is 2.76. The molecular formula is C28H32N2. The number of anilines is 1. The minimum atomic E-state index is 1.15. The maximum absolute atomic E-state index is 3.80. The lowest BCUT2D eigenvalue weighted by molar-refractivity contribution is 0.718. The van der Waals surface area contributed by atoms with E-state index < -0.39 is 0 Å². The molecule has 4 aromatic rings. The molecule has 2 nitrogen and oxygen atoms in total. The fourth-order valence-corrected chi connectivity index (χ4v) is 5.08. The largest absolute Gasteiger partial charge is 0.370 e. The van der Waals surface area contributed by atoms with Gasteiger partial charge in [-0.25, -0.2) is 0 Å². The van der Waals surface area contributed by atoms with Crippen molar-refractivity contribution in [3.8, 4) is 11.1 Å². The quantitative estimate of drug-likeness (QED) is 0.332. The van der Waals surface area contributed by atoms with Gasteiger partial charge in [0.05, 0.1) is 11.2 Å². The van der Waals surface area contributed by atoms with Crippen LogP contribution in [0.2, 0.25) is 0 Å². The van der Waals surface area contributed by atoms with Crippen LogP contribution >= 0.6 is 0 Å². The van der Waals surface area contributed by atoms with Crippen LogP contribution in [-0.2, 0) is 6.42 Å². The molecule has 0 bridgehead atoms. The van der Waals surface area contributed by atoms with Crippen molar-refractivity contribution < 1.29 is 0 Å². The first-order valence-corrected chi connectivity index (χ1v) is 11.6. The van der Waals surface area contributed by atoms with Gasteiger partial charge in [0.15, 0.2) is 0 Å². The molecule has 0 radical (unpaired) electrons. The van der Waals surface area contributed by atoms with Crippen molar-refractivity contribution in [2.24, 2.45) is 0 Å². The van der Waals surface area contributed by atoms with Crippen LogP contribution in [0.25, 0.3) is 32.9 Å². The Balaban J connectivity index is 1.82.